The third-order valence-corrected chi connectivity index (χ3v) is 6.18. The third-order valence-electron chi connectivity index (χ3n) is 3.93. The Bertz CT molecular complexity index is 862. The van der Waals surface area contributed by atoms with Crippen LogP contribution in [0.5, 0.6) is 0 Å². The quantitative estimate of drug-likeness (QED) is 0.585. The molecule has 0 amide bonds. The van der Waals surface area contributed by atoms with Gasteiger partial charge >= 0.3 is 5.97 Å². The van der Waals surface area contributed by atoms with Crippen molar-refractivity contribution < 1.29 is 14.5 Å². The van der Waals surface area contributed by atoms with Gasteiger partial charge in [-0.15, -0.1) is 16.1 Å². The Kier molecular flexibility index (Phi) is 6.11. The molecular weight excluding hydrogens is 366 g/mol. The average molecular weight is 386 g/mol. The van der Waals surface area contributed by atoms with Crippen molar-refractivity contribution in [2.24, 2.45) is 0 Å². The number of nitrogens with one attached hydrogen (secondary N) is 1. The molecule has 134 valence electrons. The van der Waals surface area contributed by atoms with Crippen molar-refractivity contribution in [1.29, 1.82) is 0 Å². The van der Waals surface area contributed by atoms with Crippen LogP contribution in [-0.2, 0) is 16.2 Å². The van der Waals surface area contributed by atoms with Crippen molar-refractivity contribution in [2.45, 2.75) is 24.3 Å². The maximum absolute atomic E-state index is 12.6. The molecule has 6 heteroatoms. The van der Waals surface area contributed by atoms with Crippen LogP contribution in [0.2, 0.25) is 0 Å². The van der Waals surface area contributed by atoms with Crippen molar-refractivity contribution in [3.8, 4) is 11.1 Å². The van der Waals surface area contributed by atoms with Gasteiger partial charge in [-0.25, -0.2) is 0 Å². The van der Waals surface area contributed by atoms with Gasteiger partial charge < -0.3 is 9.66 Å². The number of aryl methyl sites for hydroxylation is 1. The lowest BCUT2D eigenvalue weighted by Gasteiger charge is -2.17. The van der Waals surface area contributed by atoms with E-state index in [-0.39, 0.29) is 6.42 Å². The van der Waals surface area contributed by atoms with Gasteiger partial charge in [0.2, 0.25) is 0 Å². The van der Waals surface area contributed by atoms with Crippen LogP contribution >= 0.6 is 11.3 Å². The Balaban J connectivity index is 1.81. The largest absolute Gasteiger partial charge is 0.593 e. The van der Waals surface area contributed by atoms with Gasteiger partial charge in [-0.2, -0.15) is 0 Å². The molecule has 1 unspecified atom stereocenters. The summed E-state index contributed by atoms with van der Waals surface area (Å²) in [6.45, 7) is 1.96. The topological polar surface area (TPSA) is 72.4 Å². The number of thiophene rings is 1. The molecule has 0 radical (unpaired) electrons. The van der Waals surface area contributed by atoms with Crippen LogP contribution in [0.3, 0.4) is 0 Å². The van der Waals surface area contributed by atoms with Gasteiger partial charge in [0.1, 0.15) is 0 Å². The standard InChI is InChI=1S/C20H19NO3S2/c1-14-7-9-17(10-8-14)26(24)21-18(12-20(22)23)19-11-16(13-25-19)15-5-3-2-4-6-15/h2-11,13,18,21H,12H2,1H3,(H,22,23)/t18?,26-/m1/s1. The first-order valence-electron chi connectivity index (χ1n) is 8.13. The molecule has 0 bridgehead atoms. The third kappa shape index (κ3) is 4.74. The van der Waals surface area contributed by atoms with Gasteiger partial charge in [-0.3, -0.25) is 4.79 Å². The van der Waals surface area contributed by atoms with E-state index in [2.05, 4.69) is 4.72 Å². The van der Waals surface area contributed by atoms with Crippen LogP contribution in [0.15, 0.2) is 70.9 Å². The van der Waals surface area contributed by atoms with Crippen LogP contribution in [0.1, 0.15) is 22.9 Å². The Morgan fingerprint density at radius 2 is 1.85 bits per heavy atom. The summed E-state index contributed by atoms with van der Waals surface area (Å²) in [5, 5.41) is 11.3. The highest BCUT2D eigenvalue weighted by molar-refractivity contribution is 7.89. The molecule has 0 spiro atoms. The highest BCUT2D eigenvalue weighted by atomic mass is 32.2. The van der Waals surface area contributed by atoms with Gasteiger partial charge in [0, 0.05) is 4.88 Å². The maximum atomic E-state index is 12.6. The molecule has 3 rings (SSSR count). The van der Waals surface area contributed by atoms with E-state index in [1.165, 1.54) is 11.3 Å². The first-order valence-corrected chi connectivity index (χ1v) is 10.2. The second-order valence-corrected chi connectivity index (χ2v) is 8.14. The van der Waals surface area contributed by atoms with E-state index in [9.17, 15) is 14.5 Å². The predicted octanol–water partition coefficient (Wildman–Crippen LogP) is 4.55. The number of carbonyl (C=O) groups is 1. The molecule has 4 nitrogen and oxygen atoms in total. The van der Waals surface area contributed by atoms with E-state index in [0.29, 0.717) is 4.90 Å². The number of carboxylic acids is 1. The van der Waals surface area contributed by atoms with Gasteiger partial charge in [0.05, 0.1) is 23.8 Å². The number of aliphatic carboxylic acids is 1. The molecule has 2 N–H and O–H groups in total. The Labute approximate surface area is 159 Å². The van der Waals surface area contributed by atoms with Crippen LogP contribution in [-0.4, -0.2) is 15.6 Å². The predicted molar refractivity (Wildman–Crippen MR) is 105 cm³/mol. The number of hydrogen-bond acceptors (Lipinski definition) is 4. The van der Waals surface area contributed by atoms with Crippen LogP contribution < -0.4 is 4.72 Å². The Morgan fingerprint density at radius 3 is 2.50 bits per heavy atom. The molecular formula is C20H19NO3S2. The van der Waals surface area contributed by atoms with Crippen molar-refractivity contribution in [3.63, 3.8) is 0 Å². The summed E-state index contributed by atoms with van der Waals surface area (Å²) in [5.41, 5.74) is 3.19. The van der Waals surface area contributed by atoms with Gasteiger partial charge in [-0.1, -0.05) is 48.0 Å². The molecule has 0 fully saturated rings. The molecule has 2 aromatic carbocycles. The molecule has 0 aliphatic rings. The lowest BCUT2D eigenvalue weighted by Crippen LogP contribution is -2.29. The summed E-state index contributed by atoms with van der Waals surface area (Å²) in [6, 6.07) is 18.7. The average Bonchev–Trinajstić information content (AvgIpc) is 3.12. The number of benzene rings is 2. The van der Waals surface area contributed by atoms with Crippen LogP contribution in [0, 0.1) is 6.92 Å². The normalized spacial score (nSPS) is 13.3. The molecule has 0 saturated heterocycles. The lowest BCUT2D eigenvalue weighted by molar-refractivity contribution is -0.137. The molecule has 2 atom stereocenters. The van der Waals surface area contributed by atoms with E-state index >= 15 is 0 Å². The van der Waals surface area contributed by atoms with Crippen LogP contribution in [0.25, 0.3) is 11.1 Å². The van der Waals surface area contributed by atoms with E-state index in [1.807, 2.05) is 60.8 Å². The summed E-state index contributed by atoms with van der Waals surface area (Å²) >= 11 is -0.00674. The number of carboxylic acid groups (broad SMARTS) is 1. The van der Waals surface area contributed by atoms with Gasteiger partial charge in [0.15, 0.2) is 4.90 Å². The number of hydrogen-bond donors (Lipinski definition) is 2. The first-order chi connectivity index (χ1) is 12.5. The van der Waals surface area contributed by atoms with Crippen molar-refractivity contribution >= 4 is 28.7 Å². The van der Waals surface area contributed by atoms with Gasteiger partial charge in [0.25, 0.3) is 0 Å². The van der Waals surface area contributed by atoms with Gasteiger partial charge in [-0.05, 0) is 41.6 Å². The second kappa shape index (κ2) is 8.51. The summed E-state index contributed by atoms with van der Waals surface area (Å²) in [5.74, 6) is -0.932. The molecule has 1 heterocycles. The summed E-state index contributed by atoms with van der Waals surface area (Å²) in [4.78, 5) is 12.8. The summed E-state index contributed by atoms with van der Waals surface area (Å²) in [7, 11) is 0. The fourth-order valence-corrected chi connectivity index (χ4v) is 4.58. The van der Waals surface area contributed by atoms with E-state index in [4.69, 9.17) is 0 Å². The number of rotatable bonds is 7. The highest BCUT2D eigenvalue weighted by Gasteiger charge is 2.24. The zero-order chi connectivity index (χ0) is 18.5. The van der Waals surface area contributed by atoms with Crippen LogP contribution in [0.4, 0.5) is 0 Å². The minimum Gasteiger partial charge on any atom is -0.593 e. The molecule has 0 aliphatic heterocycles. The molecule has 0 saturated carbocycles. The fourth-order valence-electron chi connectivity index (χ4n) is 2.55. The maximum Gasteiger partial charge on any atom is 0.305 e. The Morgan fingerprint density at radius 1 is 1.15 bits per heavy atom. The second-order valence-electron chi connectivity index (χ2n) is 5.95. The zero-order valence-corrected chi connectivity index (χ0v) is 15.8. The zero-order valence-electron chi connectivity index (χ0n) is 14.2. The Hall–Kier alpha value is -2.12. The van der Waals surface area contributed by atoms with Crippen molar-refractivity contribution in [2.75, 3.05) is 0 Å². The summed E-state index contributed by atoms with van der Waals surface area (Å²) in [6.07, 6.45) is -0.133. The van der Waals surface area contributed by atoms with E-state index < -0.39 is 23.4 Å². The molecule has 0 aliphatic carbocycles. The van der Waals surface area contributed by atoms with E-state index in [0.717, 1.165) is 21.6 Å². The molecule has 26 heavy (non-hydrogen) atoms. The smallest absolute Gasteiger partial charge is 0.305 e. The molecule has 1 aromatic heterocycles. The highest BCUT2D eigenvalue weighted by Crippen LogP contribution is 2.31. The van der Waals surface area contributed by atoms with E-state index in [1.54, 1.807) is 12.1 Å². The molecule has 3 aromatic rings. The minimum atomic E-state index is -1.48. The first kappa shape index (κ1) is 18.7. The fraction of sp³-hybridized carbons (Fsp3) is 0.150. The monoisotopic (exact) mass is 385 g/mol. The minimum absolute atomic E-state index is 0.133. The van der Waals surface area contributed by atoms with Crippen molar-refractivity contribution in [3.05, 3.63) is 76.5 Å². The summed E-state index contributed by atoms with van der Waals surface area (Å²) < 4.78 is 15.6. The van der Waals surface area contributed by atoms with Crippen molar-refractivity contribution in [1.82, 2.24) is 4.72 Å². The SMILES string of the molecule is Cc1ccc([S@@+]([O-])NC(CC(=O)O)c2cc(-c3ccccc3)cs2)cc1. The lowest BCUT2D eigenvalue weighted by atomic mass is 10.1.